The molecule has 31 heavy (non-hydrogen) atoms. The normalized spacial score (nSPS) is 12.5. The molecule has 0 aliphatic heterocycles. The van der Waals surface area contributed by atoms with Crippen molar-refractivity contribution in [2.45, 2.75) is 36.8 Å². The fourth-order valence-corrected chi connectivity index (χ4v) is 4.20. The highest BCUT2D eigenvalue weighted by molar-refractivity contribution is 8.00. The van der Waals surface area contributed by atoms with Crippen molar-refractivity contribution in [2.24, 2.45) is 0 Å². The number of furan rings is 1. The third kappa shape index (κ3) is 4.35. The highest BCUT2D eigenvalue weighted by Gasteiger charge is 2.21. The van der Waals surface area contributed by atoms with E-state index in [0.29, 0.717) is 53.7 Å². The average molecular weight is 442 g/mol. The average Bonchev–Trinajstić information content (AvgIpc) is 3.45. The van der Waals surface area contributed by atoms with E-state index in [-0.39, 0.29) is 11.5 Å². The molecule has 1 unspecified atom stereocenters. The first-order chi connectivity index (χ1) is 15.1. The summed E-state index contributed by atoms with van der Waals surface area (Å²) in [6, 6.07) is 10.9. The van der Waals surface area contributed by atoms with Crippen molar-refractivity contribution < 1.29 is 13.9 Å². The van der Waals surface area contributed by atoms with Gasteiger partial charge in [0.05, 0.1) is 29.0 Å². The Morgan fingerprint density at radius 2 is 2.10 bits per heavy atom. The van der Waals surface area contributed by atoms with Gasteiger partial charge in [0.2, 0.25) is 11.7 Å². The van der Waals surface area contributed by atoms with Gasteiger partial charge in [-0.15, -0.1) is 10.2 Å². The highest BCUT2D eigenvalue weighted by Crippen LogP contribution is 2.25. The maximum absolute atomic E-state index is 13.0. The number of hydrogen-bond donors (Lipinski definition) is 1. The molecule has 1 N–H and O–H groups in total. The van der Waals surface area contributed by atoms with Crippen molar-refractivity contribution in [3.05, 3.63) is 58.8 Å². The zero-order valence-corrected chi connectivity index (χ0v) is 18.1. The van der Waals surface area contributed by atoms with Crippen LogP contribution < -0.4 is 10.9 Å². The minimum atomic E-state index is -0.421. The van der Waals surface area contributed by atoms with Gasteiger partial charge in [0.15, 0.2) is 5.16 Å². The van der Waals surface area contributed by atoms with E-state index < -0.39 is 5.25 Å². The number of nitrogens with zero attached hydrogens (tertiary/aromatic N) is 4. The molecule has 1 aromatic carbocycles. The fourth-order valence-electron chi connectivity index (χ4n) is 3.32. The van der Waals surface area contributed by atoms with Crippen LogP contribution >= 0.6 is 11.8 Å². The van der Waals surface area contributed by atoms with Crippen LogP contribution in [0.2, 0.25) is 0 Å². The van der Waals surface area contributed by atoms with E-state index in [1.165, 1.54) is 11.8 Å². The van der Waals surface area contributed by atoms with Gasteiger partial charge in [0.1, 0.15) is 5.76 Å². The van der Waals surface area contributed by atoms with Crippen LogP contribution in [-0.4, -0.2) is 44.0 Å². The van der Waals surface area contributed by atoms with Crippen LogP contribution in [0.5, 0.6) is 0 Å². The summed E-state index contributed by atoms with van der Waals surface area (Å²) >= 11 is 1.29. The fraction of sp³-hybridized carbons (Fsp3) is 0.333. The number of carbonyl (C=O) groups is 1. The lowest BCUT2D eigenvalue weighted by Crippen LogP contribution is -2.30. The van der Waals surface area contributed by atoms with Crippen LogP contribution in [0.3, 0.4) is 0 Å². The van der Waals surface area contributed by atoms with E-state index in [9.17, 15) is 9.59 Å². The molecule has 9 nitrogen and oxygen atoms in total. The molecule has 0 saturated carbocycles. The molecule has 1 amide bonds. The Morgan fingerprint density at radius 3 is 2.87 bits per heavy atom. The van der Waals surface area contributed by atoms with Crippen LogP contribution in [0.1, 0.15) is 19.1 Å². The first-order valence-corrected chi connectivity index (χ1v) is 10.8. The third-order valence-electron chi connectivity index (χ3n) is 4.88. The molecule has 10 heteroatoms. The Labute approximate surface area is 182 Å². The Kier molecular flexibility index (Phi) is 6.38. The Bertz CT molecular complexity index is 1250. The molecule has 4 rings (SSSR count). The lowest BCUT2D eigenvalue weighted by atomic mass is 10.2. The summed E-state index contributed by atoms with van der Waals surface area (Å²) in [6.07, 6.45) is 2.24. The Balaban J connectivity index is 1.65. The minimum absolute atomic E-state index is 0.118. The number of amides is 1. The van der Waals surface area contributed by atoms with Gasteiger partial charge in [-0.05, 0) is 37.6 Å². The second-order valence-electron chi connectivity index (χ2n) is 7.00. The molecule has 1 atom stereocenters. The van der Waals surface area contributed by atoms with Gasteiger partial charge in [-0.25, -0.2) is 0 Å². The molecule has 3 aromatic heterocycles. The Morgan fingerprint density at radius 1 is 1.26 bits per heavy atom. The van der Waals surface area contributed by atoms with Crippen LogP contribution in [0.15, 0.2) is 57.0 Å². The number of hydrogen-bond acceptors (Lipinski definition) is 7. The monoisotopic (exact) mass is 441 g/mol. The van der Waals surface area contributed by atoms with Gasteiger partial charge >= 0.3 is 0 Å². The van der Waals surface area contributed by atoms with Crippen LogP contribution in [-0.2, 0) is 22.6 Å². The standard InChI is InChI=1S/C21H23N5O4S/c1-14(18(27)22-13-15-7-5-12-30-15)31-21-24-23-20-25(10-6-11-29-2)19(28)16-8-3-4-9-17(16)26(20)21/h3-5,7-9,12,14H,6,10-11,13H2,1-2H3,(H,22,27). The number of nitrogens with one attached hydrogen (secondary N) is 1. The van der Waals surface area contributed by atoms with Crippen molar-refractivity contribution in [1.29, 1.82) is 0 Å². The number of para-hydroxylation sites is 1. The number of ether oxygens (including phenoxy) is 1. The van der Waals surface area contributed by atoms with Gasteiger partial charge in [0, 0.05) is 20.3 Å². The van der Waals surface area contributed by atoms with Crippen LogP contribution in [0, 0.1) is 0 Å². The van der Waals surface area contributed by atoms with E-state index in [0.717, 1.165) is 0 Å². The topological polar surface area (TPSA) is 104 Å². The maximum Gasteiger partial charge on any atom is 0.262 e. The zero-order valence-electron chi connectivity index (χ0n) is 17.3. The molecule has 0 aliphatic rings. The molecular formula is C21H23N5O4S. The van der Waals surface area contributed by atoms with E-state index in [4.69, 9.17) is 9.15 Å². The first kappa shape index (κ1) is 21.1. The number of methoxy groups -OCH3 is 1. The van der Waals surface area contributed by atoms with Crippen molar-refractivity contribution in [1.82, 2.24) is 24.5 Å². The molecule has 0 saturated heterocycles. The quantitative estimate of drug-likeness (QED) is 0.314. The Hall–Kier alpha value is -3.11. The molecule has 4 aromatic rings. The third-order valence-corrected chi connectivity index (χ3v) is 5.92. The molecule has 0 fully saturated rings. The lowest BCUT2D eigenvalue weighted by Gasteiger charge is -2.13. The number of thioether (sulfide) groups is 1. The number of fused-ring (bicyclic) bond motifs is 3. The van der Waals surface area contributed by atoms with Gasteiger partial charge in [-0.1, -0.05) is 23.9 Å². The van der Waals surface area contributed by atoms with Crippen LogP contribution in [0.25, 0.3) is 16.7 Å². The SMILES string of the molecule is COCCCn1c(=O)c2ccccc2n2c(SC(C)C(=O)NCc3ccco3)nnc12. The molecule has 0 spiro atoms. The van der Waals surface area contributed by atoms with E-state index in [1.807, 2.05) is 22.6 Å². The van der Waals surface area contributed by atoms with Gasteiger partial charge in [-0.3, -0.25) is 18.6 Å². The van der Waals surface area contributed by atoms with Crippen LogP contribution in [0.4, 0.5) is 0 Å². The number of carbonyl (C=O) groups excluding carboxylic acids is 1. The van der Waals surface area contributed by atoms with Gasteiger partial charge in [0.25, 0.3) is 5.56 Å². The molecular weight excluding hydrogens is 418 g/mol. The van der Waals surface area contributed by atoms with Gasteiger partial charge < -0.3 is 14.5 Å². The lowest BCUT2D eigenvalue weighted by molar-refractivity contribution is -0.120. The van der Waals surface area contributed by atoms with Crippen molar-refractivity contribution in [3.63, 3.8) is 0 Å². The number of aromatic nitrogens is 4. The van der Waals surface area contributed by atoms with Gasteiger partial charge in [-0.2, -0.15) is 0 Å². The number of aryl methyl sites for hydroxylation is 1. The molecule has 3 heterocycles. The summed E-state index contributed by atoms with van der Waals surface area (Å²) in [7, 11) is 1.63. The number of rotatable bonds is 9. The highest BCUT2D eigenvalue weighted by atomic mass is 32.2. The smallest absolute Gasteiger partial charge is 0.262 e. The summed E-state index contributed by atoms with van der Waals surface area (Å²) < 4.78 is 13.8. The molecule has 0 aliphatic carbocycles. The summed E-state index contributed by atoms with van der Waals surface area (Å²) in [5.74, 6) is 0.992. The molecule has 0 radical (unpaired) electrons. The predicted octanol–water partition coefficient (Wildman–Crippen LogP) is 2.47. The summed E-state index contributed by atoms with van der Waals surface area (Å²) in [6.45, 7) is 3.12. The van der Waals surface area contributed by atoms with E-state index in [1.54, 1.807) is 43.1 Å². The van der Waals surface area contributed by atoms with Crippen molar-refractivity contribution in [3.8, 4) is 0 Å². The summed E-state index contributed by atoms with van der Waals surface area (Å²) in [5, 5.41) is 12.1. The van der Waals surface area contributed by atoms with Crippen molar-refractivity contribution >= 4 is 34.3 Å². The largest absolute Gasteiger partial charge is 0.467 e. The minimum Gasteiger partial charge on any atom is -0.467 e. The second kappa shape index (κ2) is 9.36. The molecule has 162 valence electrons. The van der Waals surface area contributed by atoms with E-state index >= 15 is 0 Å². The van der Waals surface area contributed by atoms with E-state index in [2.05, 4.69) is 15.5 Å². The molecule has 0 bridgehead atoms. The predicted molar refractivity (Wildman–Crippen MR) is 117 cm³/mol. The summed E-state index contributed by atoms with van der Waals surface area (Å²) in [5.41, 5.74) is 0.591. The zero-order chi connectivity index (χ0) is 21.8. The summed E-state index contributed by atoms with van der Waals surface area (Å²) in [4.78, 5) is 25.6. The maximum atomic E-state index is 13.0. The number of benzene rings is 1. The van der Waals surface area contributed by atoms with Crippen molar-refractivity contribution in [2.75, 3.05) is 13.7 Å². The first-order valence-electron chi connectivity index (χ1n) is 9.92. The second-order valence-corrected chi connectivity index (χ2v) is 8.30.